The van der Waals surface area contributed by atoms with Crippen molar-refractivity contribution in [1.29, 1.82) is 0 Å². The van der Waals surface area contributed by atoms with Crippen LogP contribution in [0.2, 0.25) is 0 Å². The van der Waals surface area contributed by atoms with Crippen molar-refractivity contribution in [2.75, 3.05) is 17.7 Å². The van der Waals surface area contributed by atoms with E-state index in [0.717, 1.165) is 0 Å². The lowest BCUT2D eigenvalue weighted by Gasteiger charge is -2.18. The third kappa shape index (κ3) is 4.92. The van der Waals surface area contributed by atoms with Crippen molar-refractivity contribution in [3.8, 4) is 0 Å². The van der Waals surface area contributed by atoms with Crippen molar-refractivity contribution in [3.63, 3.8) is 0 Å². The molecule has 0 heterocycles. The van der Waals surface area contributed by atoms with Gasteiger partial charge in [0.15, 0.2) is 0 Å². The molecule has 3 N–H and O–H groups in total. The molecule has 0 spiro atoms. The normalized spacial score (nSPS) is 10.8. The molecule has 0 radical (unpaired) electrons. The van der Waals surface area contributed by atoms with Crippen LogP contribution in [0.5, 0.6) is 0 Å². The van der Waals surface area contributed by atoms with Crippen LogP contribution >= 0.6 is 0 Å². The van der Waals surface area contributed by atoms with Gasteiger partial charge < -0.3 is 16.0 Å². The summed E-state index contributed by atoms with van der Waals surface area (Å²) in [6, 6.07) is 13.4. The van der Waals surface area contributed by atoms with E-state index in [1.165, 1.54) is 0 Å². The highest BCUT2D eigenvalue weighted by atomic mass is 16.2. The molecule has 0 saturated carbocycles. The molecule has 0 unspecified atom stereocenters. The van der Waals surface area contributed by atoms with Gasteiger partial charge in [-0.25, -0.2) is 0 Å². The van der Waals surface area contributed by atoms with Gasteiger partial charge in [-0.05, 0) is 36.4 Å². The molecule has 136 valence electrons. The van der Waals surface area contributed by atoms with E-state index in [-0.39, 0.29) is 17.7 Å². The van der Waals surface area contributed by atoms with Gasteiger partial charge >= 0.3 is 0 Å². The predicted molar refractivity (Wildman–Crippen MR) is 102 cm³/mol. The Bertz CT molecular complexity index is 838. The third-order valence-corrected chi connectivity index (χ3v) is 3.67. The van der Waals surface area contributed by atoms with E-state index in [4.69, 9.17) is 0 Å². The molecule has 0 atom stereocenters. The van der Waals surface area contributed by atoms with Crippen molar-refractivity contribution in [2.24, 2.45) is 5.41 Å². The molecule has 0 aliphatic rings. The Kier molecular flexibility index (Phi) is 5.77. The lowest BCUT2D eigenvalue weighted by Crippen LogP contribution is -2.27. The summed E-state index contributed by atoms with van der Waals surface area (Å²) in [5.41, 5.74) is 1.40. The Balaban J connectivity index is 2.14. The molecule has 6 heteroatoms. The third-order valence-electron chi connectivity index (χ3n) is 3.67. The van der Waals surface area contributed by atoms with Crippen LogP contribution in [0.25, 0.3) is 0 Å². The highest BCUT2D eigenvalue weighted by Gasteiger charge is 2.21. The van der Waals surface area contributed by atoms with Crippen LogP contribution in [0.1, 0.15) is 41.5 Å². The van der Waals surface area contributed by atoms with Gasteiger partial charge in [-0.15, -0.1) is 0 Å². The molecular weight excluding hydrogens is 330 g/mol. The Morgan fingerprint density at radius 3 is 1.77 bits per heavy atom. The lowest BCUT2D eigenvalue weighted by atomic mass is 9.95. The smallest absolute Gasteiger partial charge is 0.255 e. The second-order valence-corrected chi connectivity index (χ2v) is 6.90. The van der Waals surface area contributed by atoms with Gasteiger partial charge in [0.25, 0.3) is 11.8 Å². The van der Waals surface area contributed by atoms with E-state index in [1.807, 2.05) is 20.8 Å². The average molecular weight is 353 g/mol. The summed E-state index contributed by atoms with van der Waals surface area (Å²) in [4.78, 5) is 36.2. The summed E-state index contributed by atoms with van der Waals surface area (Å²) in [6.45, 7) is 5.45. The molecular formula is C20H23N3O3. The first-order chi connectivity index (χ1) is 12.2. The van der Waals surface area contributed by atoms with Gasteiger partial charge in [0, 0.05) is 35.0 Å². The average Bonchev–Trinajstić information content (AvgIpc) is 2.60. The number of anilines is 2. The van der Waals surface area contributed by atoms with Crippen LogP contribution < -0.4 is 16.0 Å². The number of carbonyl (C=O) groups is 3. The minimum atomic E-state index is -0.529. The minimum Gasteiger partial charge on any atom is -0.355 e. The number of benzene rings is 2. The zero-order valence-corrected chi connectivity index (χ0v) is 15.3. The second kappa shape index (κ2) is 7.82. The summed E-state index contributed by atoms with van der Waals surface area (Å²) in [5, 5.41) is 8.10. The van der Waals surface area contributed by atoms with Gasteiger partial charge in [-0.1, -0.05) is 32.9 Å². The van der Waals surface area contributed by atoms with Crippen LogP contribution in [0, 0.1) is 5.41 Å². The first kappa shape index (κ1) is 19.2. The van der Waals surface area contributed by atoms with Crippen LogP contribution in [0.4, 0.5) is 11.4 Å². The van der Waals surface area contributed by atoms with Crippen LogP contribution in [-0.4, -0.2) is 24.8 Å². The first-order valence-corrected chi connectivity index (χ1v) is 8.26. The molecule has 0 aliphatic heterocycles. The molecule has 3 amide bonds. The fourth-order valence-electron chi connectivity index (χ4n) is 2.14. The molecule has 2 rings (SSSR count). The first-order valence-electron chi connectivity index (χ1n) is 8.26. The molecule has 0 aromatic heterocycles. The Hall–Kier alpha value is -3.15. The van der Waals surface area contributed by atoms with Gasteiger partial charge in [0.2, 0.25) is 5.91 Å². The summed E-state index contributed by atoms with van der Waals surface area (Å²) >= 11 is 0. The van der Waals surface area contributed by atoms with E-state index in [0.29, 0.717) is 22.5 Å². The number of hydrogen-bond donors (Lipinski definition) is 3. The van der Waals surface area contributed by atoms with Crippen LogP contribution in [-0.2, 0) is 4.79 Å². The molecule has 0 fully saturated rings. The van der Waals surface area contributed by atoms with E-state index in [1.54, 1.807) is 55.6 Å². The van der Waals surface area contributed by atoms with E-state index in [9.17, 15) is 14.4 Å². The van der Waals surface area contributed by atoms with Crippen molar-refractivity contribution >= 4 is 29.1 Å². The number of nitrogens with one attached hydrogen (secondary N) is 3. The van der Waals surface area contributed by atoms with Crippen molar-refractivity contribution in [2.45, 2.75) is 20.8 Å². The Morgan fingerprint density at radius 2 is 1.27 bits per heavy atom. The zero-order chi connectivity index (χ0) is 19.3. The number of rotatable bonds is 4. The number of carbonyl (C=O) groups excluding carboxylic acids is 3. The quantitative estimate of drug-likeness (QED) is 0.788. The maximum atomic E-state index is 12.5. The fraction of sp³-hybridized carbons (Fsp3) is 0.250. The molecule has 0 bridgehead atoms. The maximum Gasteiger partial charge on any atom is 0.255 e. The molecule has 2 aromatic rings. The highest BCUT2D eigenvalue weighted by Crippen LogP contribution is 2.19. The molecule has 0 aliphatic carbocycles. The second-order valence-electron chi connectivity index (χ2n) is 6.90. The van der Waals surface area contributed by atoms with E-state index in [2.05, 4.69) is 16.0 Å². The Morgan fingerprint density at radius 1 is 0.769 bits per heavy atom. The summed E-state index contributed by atoms with van der Waals surface area (Å²) in [6.07, 6.45) is 0. The molecule has 2 aromatic carbocycles. The van der Waals surface area contributed by atoms with Crippen molar-refractivity contribution < 1.29 is 14.4 Å². The topological polar surface area (TPSA) is 87.3 Å². The highest BCUT2D eigenvalue weighted by molar-refractivity contribution is 6.06. The standard InChI is InChI=1S/C20H23N3O3/c1-20(2,3)19(26)23-16-10-6-8-14(12-16)18(25)22-15-9-5-7-13(11-15)17(24)21-4/h5-12H,1-4H3,(H,21,24)(H,22,25)(H,23,26). The minimum absolute atomic E-state index is 0.131. The SMILES string of the molecule is CNC(=O)c1cccc(NC(=O)c2cccc(NC(=O)C(C)(C)C)c2)c1. The largest absolute Gasteiger partial charge is 0.355 e. The summed E-state index contributed by atoms with van der Waals surface area (Å²) in [5.74, 6) is -0.688. The van der Waals surface area contributed by atoms with Crippen molar-refractivity contribution in [3.05, 3.63) is 59.7 Å². The number of amides is 3. The van der Waals surface area contributed by atoms with E-state index < -0.39 is 5.41 Å². The fourth-order valence-corrected chi connectivity index (χ4v) is 2.14. The number of hydrogen-bond acceptors (Lipinski definition) is 3. The van der Waals surface area contributed by atoms with Gasteiger partial charge in [0.1, 0.15) is 0 Å². The van der Waals surface area contributed by atoms with Crippen LogP contribution in [0.15, 0.2) is 48.5 Å². The van der Waals surface area contributed by atoms with Gasteiger partial charge in [-0.2, -0.15) is 0 Å². The van der Waals surface area contributed by atoms with Crippen molar-refractivity contribution in [1.82, 2.24) is 5.32 Å². The lowest BCUT2D eigenvalue weighted by molar-refractivity contribution is -0.123. The van der Waals surface area contributed by atoms with E-state index >= 15 is 0 Å². The molecule has 0 saturated heterocycles. The summed E-state index contributed by atoms with van der Waals surface area (Å²) in [7, 11) is 1.55. The summed E-state index contributed by atoms with van der Waals surface area (Å²) < 4.78 is 0. The van der Waals surface area contributed by atoms with Gasteiger partial charge in [-0.3, -0.25) is 14.4 Å². The van der Waals surface area contributed by atoms with Crippen LogP contribution in [0.3, 0.4) is 0 Å². The monoisotopic (exact) mass is 353 g/mol. The van der Waals surface area contributed by atoms with Gasteiger partial charge in [0.05, 0.1) is 0 Å². The zero-order valence-electron chi connectivity index (χ0n) is 15.3. The Labute approximate surface area is 153 Å². The maximum absolute atomic E-state index is 12.5. The predicted octanol–water partition coefficient (Wildman–Crippen LogP) is 3.28. The molecule has 6 nitrogen and oxygen atoms in total. The molecule has 26 heavy (non-hydrogen) atoms.